The minimum absolute atomic E-state index is 0.122. The molecule has 0 unspecified atom stereocenters. The van der Waals surface area contributed by atoms with Gasteiger partial charge in [-0.25, -0.2) is 9.78 Å². The number of carbonyl (C=O) groups is 1. The summed E-state index contributed by atoms with van der Waals surface area (Å²) < 4.78 is 5.57. The van der Waals surface area contributed by atoms with Gasteiger partial charge in [-0.3, -0.25) is 9.78 Å². The molecule has 2 aromatic rings. The van der Waals surface area contributed by atoms with Gasteiger partial charge in [0, 0.05) is 16.9 Å². The van der Waals surface area contributed by atoms with Crippen LogP contribution in [-0.2, 0) is 4.74 Å². The summed E-state index contributed by atoms with van der Waals surface area (Å²) in [5.74, 6) is -0.392. The van der Waals surface area contributed by atoms with Crippen molar-refractivity contribution < 1.29 is 9.53 Å². The molecule has 0 aliphatic carbocycles. The monoisotopic (exact) mass is 323 g/mol. The van der Waals surface area contributed by atoms with E-state index >= 15 is 0 Å². The van der Waals surface area contributed by atoms with Crippen molar-refractivity contribution in [2.24, 2.45) is 0 Å². The standard InChI is InChI=1S/C12H10BrN3O3/c1-2-19-12(18)8-6-15-10(16-11(8)17)9-4-3-7(13)5-14-9/h3-6H,2H2,1H3,(H,15,16,17). The van der Waals surface area contributed by atoms with Crippen LogP contribution in [0.5, 0.6) is 0 Å². The molecule has 2 aromatic heterocycles. The summed E-state index contributed by atoms with van der Waals surface area (Å²) in [6.45, 7) is 1.87. The van der Waals surface area contributed by atoms with Crippen LogP contribution >= 0.6 is 15.9 Å². The topological polar surface area (TPSA) is 84.9 Å². The van der Waals surface area contributed by atoms with E-state index in [0.717, 1.165) is 4.47 Å². The smallest absolute Gasteiger partial charge is 0.345 e. The lowest BCUT2D eigenvalue weighted by Crippen LogP contribution is -2.21. The Morgan fingerprint density at radius 2 is 2.16 bits per heavy atom. The molecule has 0 bridgehead atoms. The molecule has 0 radical (unpaired) electrons. The van der Waals surface area contributed by atoms with E-state index in [1.54, 1.807) is 25.3 Å². The summed E-state index contributed by atoms with van der Waals surface area (Å²) in [5.41, 5.74) is -0.161. The molecule has 0 spiro atoms. The Hall–Kier alpha value is -2.02. The molecule has 2 rings (SSSR count). The van der Waals surface area contributed by atoms with Crippen LogP contribution in [-0.4, -0.2) is 27.5 Å². The van der Waals surface area contributed by atoms with E-state index in [1.807, 2.05) is 0 Å². The molecule has 6 nitrogen and oxygen atoms in total. The molecule has 0 aromatic carbocycles. The first-order valence-corrected chi connectivity index (χ1v) is 6.29. The first-order valence-electron chi connectivity index (χ1n) is 5.50. The number of H-pyrrole nitrogens is 1. The number of nitrogens with one attached hydrogen (secondary N) is 1. The highest BCUT2D eigenvalue weighted by atomic mass is 79.9. The predicted molar refractivity (Wildman–Crippen MR) is 71.7 cm³/mol. The number of carbonyl (C=O) groups excluding carboxylic acids is 1. The number of hydrogen-bond donors (Lipinski definition) is 1. The van der Waals surface area contributed by atoms with Crippen LogP contribution < -0.4 is 5.56 Å². The van der Waals surface area contributed by atoms with Gasteiger partial charge >= 0.3 is 5.97 Å². The molecule has 7 heteroatoms. The summed E-state index contributed by atoms with van der Waals surface area (Å²) in [7, 11) is 0. The number of halogens is 1. The quantitative estimate of drug-likeness (QED) is 0.870. The van der Waals surface area contributed by atoms with E-state index in [1.165, 1.54) is 6.20 Å². The zero-order valence-corrected chi connectivity index (χ0v) is 11.6. The number of rotatable bonds is 3. The van der Waals surface area contributed by atoms with Crippen molar-refractivity contribution in [1.29, 1.82) is 0 Å². The van der Waals surface area contributed by atoms with Crippen LogP contribution in [0, 0.1) is 0 Å². The molecular weight excluding hydrogens is 314 g/mol. The number of ether oxygens (including phenoxy) is 1. The molecular formula is C12H10BrN3O3. The van der Waals surface area contributed by atoms with Crippen LogP contribution in [0.2, 0.25) is 0 Å². The Bertz CT molecular complexity index is 652. The van der Waals surface area contributed by atoms with Crippen LogP contribution in [0.3, 0.4) is 0 Å². The fourth-order valence-corrected chi connectivity index (χ4v) is 1.63. The Morgan fingerprint density at radius 3 is 2.74 bits per heavy atom. The summed E-state index contributed by atoms with van der Waals surface area (Å²) in [6, 6.07) is 3.48. The molecule has 1 N–H and O–H groups in total. The van der Waals surface area contributed by atoms with Crippen molar-refractivity contribution in [2.45, 2.75) is 6.92 Å². The minimum atomic E-state index is -0.688. The summed E-state index contributed by atoms with van der Waals surface area (Å²) in [6.07, 6.45) is 2.78. The lowest BCUT2D eigenvalue weighted by molar-refractivity contribution is 0.0524. The maximum absolute atomic E-state index is 11.8. The number of aromatic nitrogens is 3. The zero-order valence-electron chi connectivity index (χ0n) is 10.0. The van der Waals surface area contributed by atoms with Crippen molar-refractivity contribution in [1.82, 2.24) is 15.0 Å². The van der Waals surface area contributed by atoms with Crippen LogP contribution in [0.25, 0.3) is 11.5 Å². The minimum Gasteiger partial charge on any atom is -0.462 e. The van der Waals surface area contributed by atoms with Crippen LogP contribution in [0.15, 0.2) is 33.8 Å². The van der Waals surface area contributed by atoms with Gasteiger partial charge in [-0.2, -0.15) is 0 Å². The van der Waals surface area contributed by atoms with E-state index in [4.69, 9.17) is 4.74 Å². The lowest BCUT2D eigenvalue weighted by atomic mass is 10.3. The Kier molecular flexibility index (Phi) is 4.06. The van der Waals surface area contributed by atoms with Gasteiger partial charge < -0.3 is 9.72 Å². The molecule has 0 saturated heterocycles. The first kappa shape index (κ1) is 13.4. The van der Waals surface area contributed by atoms with Gasteiger partial charge in [0.2, 0.25) is 0 Å². The summed E-state index contributed by atoms with van der Waals surface area (Å²) >= 11 is 3.26. The third-order valence-corrected chi connectivity index (χ3v) is 2.73. The van der Waals surface area contributed by atoms with Gasteiger partial charge in [-0.05, 0) is 35.0 Å². The molecule has 0 saturated carbocycles. The maximum Gasteiger partial charge on any atom is 0.345 e. The van der Waals surface area contributed by atoms with E-state index in [0.29, 0.717) is 11.5 Å². The average Bonchev–Trinajstić information content (AvgIpc) is 2.39. The number of aromatic amines is 1. The van der Waals surface area contributed by atoms with Crippen LogP contribution in [0.4, 0.5) is 0 Å². The molecule has 0 amide bonds. The van der Waals surface area contributed by atoms with Gasteiger partial charge in [0.15, 0.2) is 5.82 Å². The second-order valence-corrected chi connectivity index (χ2v) is 4.47. The Balaban J connectivity index is 2.36. The second-order valence-electron chi connectivity index (χ2n) is 3.56. The number of hydrogen-bond acceptors (Lipinski definition) is 5. The highest BCUT2D eigenvalue weighted by Gasteiger charge is 2.13. The van der Waals surface area contributed by atoms with Crippen molar-refractivity contribution in [3.8, 4) is 11.5 Å². The summed E-state index contributed by atoms with van der Waals surface area (Å²) in [5, 5.41) is 0. The molecule has 2 heterocycles. The van der Waals surface area contributed by atoms with Gasteiger partial charge in [-0.1, -0.05) is 0 Å². The average molecular weight is 324 g/mol. The molecule has 19 heavy (non-hydrogen) atoms. The fourth-order valence-electron chi connectivity index (χ4n) is 1.40. The van der Waals surface area contributed by atoms with Crippen molar-refractivity contribution >= 4 is 21.9 Å². The number of nitrogens with zero attached hydrogens (tertiary/aromatic N) is 2. The first-order chi connectivity index (χ1) is 9.11. The van der Waals surface area contributed by atoms with Crippen molar-refractivity contribution in [2.75, 3.05) is 6.61 Å². The van der Waals surface area contributed by atoms with E-state index < -0.39 is 11.5 Å². The Labute approximate surface area is 117 Å². The van der Waals surface area contributed by atoms with E-state index in [9.17, 15) is 9.59 Å². The molecule has 0 aliphatic rings. The van der Waals surface area contributed by atoms with Crippen molar-refractivity contribution in [3.63, 3.8) is 0 Å². The largest absolute Gasteiger partial charge is 0.462 e. The van der Waals surface area contributed by atoms with Crippen molar-refractivity contribution in [3.05, 3.63) is 44.9 Å². The van der Waals surface area contributed by atoms with Gasteiger partial charge in [0.25, 0.3) is 5.56 Å². The lowest BCUT2D eigenvalue weighted by Gasteiger charge is -2.02. The highest BCUT2D eigenvalue weighted by molar-refractivity contribution is 9.10. The zero-order chi connectivity index (χ0) is 13.8. The Morgan fingerprint density at radius 1 is 1.37 bits per heavy atom. The normalized spacial score (nSPS) is 10.2. The number of esters is 1. The molecule has 0 atom stereocenters. The SMILES string of the molecule is CCOC(=O)c1cnc(-c2ccc(Br)cn2)[nH]c1=O. The summed E-state index contributed by atoms with van der Waals surface area (Å²) in [4.78, 5) is 33.8. The third kappa shape index (κ3) is 3.05. The molecule has 0 aliphatic heterocycles. The maximum atomic E-state index is 11.8. The fraction of sp³-hybridized carbons (Fsp3) is 0.167. The third-order valence-electron chi connectivity index (χ3n) is 2.26. The molecule has 98 valence electrons. The van der Waals surface area contributed by atoms with Gasteiger partial charge in [0.1, 0.15) is 11.3 Å². The second kappa shape index (κ2) is 5.75. The number of pyridine rings is 1. The predicted octanol–water partition coefficient (Wildman–Crippen LogP) is 1.77. The van der Waals surface area contributed by atoms with Gasteiger partial charge in [0.05, 0.1) is 6.61 Å². The van der Waals surface area contributed by atoms with Gasteiger partial charge in [-0.15, -0.1) is 0 Å². The molecule has 0 fully saturated rings. The van der Waals surface area contributed by atoms with E-state index in [-0.39, 0.29) is 12.2 Å². The van der Waals surface area contributed by atoms with E-state index in [2.05, 4.69) is 30.9 Å². The van der Waals surface area contributed by atoms with Crippen LogP contribution in [0.1, 0.15) is 17.3 Å². The highest BCUT2D eigenvalue weighted by Crippen LogP contribution is 2.13.